The summed E-state index contributed by atoms with van der Waals surface area (Å²) in [5.41, 5.74) is -0.512. The molecule has 0 bridgehead atoms. The molecule has 0 unspecified atom stereocenters. The molecule has 0 aromatic carbocycles. The van der Waals surface area contributed by atoms with Gasteiger partial charge in [-0.3, -0.25) is 4.79 Å². The van der Waals surface area contributed by atoms with E-state index in [1.807, 2.05) is 0 Å². The molecule has 0 saturated carbocycles. The van der Waals surface area contributed by atoms with E-state index in [2.05, 4.69) is 5.32 Å². The first-order valence-corrected chi connectivity index (χ1v) is 5.61. The van der Waals surface area contributed by atoms with Crippen molar-refractivity contribution in [2.24, 2.45) is 0 Å². The molecule has 0 heterocycles. The number of hydrogen-bond donors (Lipinski definition) is 1. The van der Waals surface area contributed by atoms with Crippen molar-refractivity contribution in [1.29, 1.82) is 0 Å². The van der Waals surface area contributed by atoms with Gasteiger partial charge in [0, 0.05) is 13.3 Å². The molecule has 5 heteroatoms. The van der Waals surface area contributed by atoms with Crippen LogP contribution in [0.25, 0.3) is 0 Å². The Morgan fingerprint density at radius 2 is 1.94 bits per heavy atom. The van der Waals surface area contributed by atoms with Gasteiger partial charge in [-0.2, -0.15) is 0 Å². The highest BCUT2D eigenvalue weighted by Gasteiger charge is 2.24. The molecule has 0 radical (unpaired) electrons. The summed E-state index contributed by atoms with van der Waals surface area (Å²) in [5.74, 6) is -0.322. The molecule has 0 saturated heterocycles. The normalized spacial score (nSPS) is 23.3. The lowest BCUT2D eigenvalue weighted by atomic mass is 10.2. The Balaban J connectivity index is 2.34. The highest BCUT2D eigenvalue weighted by atomic mass is 16.6. The van der Waals surface area contributed by atoms with Crippen LogP contribution < -0.4 is 5.32 Å². The average molecular weight is 241 g/mol. The third kappa shape index (κ3) is 5.38. The Morgan fingerprint density at radius 3 is 2.47 bits per heavy atom. The summed E-state index contributed by atoms with van der Waals surface area (Å²) >= 11 is 0. The summed E-state index contributed by atoms with van der Waals surface area (Å²) < 4.78 is 10.1. The number of alkyl carbamates (subject to hydrolysis) is 1. The zero-order valence-corrected chi connectivity index (χ0v) is 10.6. The van der Waals surface area contributed by atoms with Crippen LogP contribution in [-0.4, -0.2) is 29.8 Å². The van der Waals surface area contributed by atoms with Gasteiger partial charge in [0.2, 0.25) is 0 Å². The Morgan fingerprint density at radius 1 is 1.29 bits per heavy atom. The van der Waals surface area contributed by atoms with Gasteiger partial charge < -0.3 is 14.8 Å². The van der Waals surface area contributed by atoms with E-state index in [9.17, 15) is 9.59 Å². The molecule has 5 nitrogen and oxygen atoms in total. The molecule has 0 fully saturated rings. The van der Waals surface area contributed by atoms with Gasteiger partial charge in [-0.05, 0) is 26.8 Å². The van der Waals surface area contributed by atoms with Crippen LogP contribution in [-0.2, 0) is 14.3 Å². The highest BCUT2D eigenvalue weighted by Crippen LogP contribution is 2.15. The second-order valence-corrected chi connectivity index (χ2v) is 5.02. The largest absolute Gasteiger partial charge is 0.458 e. The Bertz CT molecular complexity index is 330. The van der Waals surface area contributed by atoms with Crippen molar-refractivity contribution < 1.29 is 19.1 Å². The molecule has 1 aliphatic rings. The minimum atomic E-state index is -0.512. The summed E-state index contributed by atoms with van der Waals surface area (Å²) in [4.78, 5) is 22.2. The minimum absolute atomic E-state index is 0.144. The molecular weight excluding hydrogens is 222 g/mol. The number of esters is 1. The van der Waals surface area contributed by atoms with Gasteiger partial charge in [0.05, 0.1) is 6.04 Å². The third-order valence-corrected chi connectivity index (χ3v) is 2.06. The molecule has 17 heavy (non-hydrogen) atoms. The predicted molar refractivity (Wildman–Crippen MR) is 62.5 cm³/mol. The van der Waals surface area contributed by atoms with Crippen LogP contribution in [0.2, 0.25) is 0 Å². The van der Waals surface area contributed by atoms with Crippen molar-refractivity contribution in [2.75, 3.05) is 0 Å². The van der Waals surface area contributed by atoms with Crippen LogP contribution in [0.1, 0.15) is 34.1 Å². The second kappa shape index (κ2) is 5.21. The van der Waals surface area contributed by atoms with Crippen LogP contribution >= 0.6 is 0 Å². The van der Waals surface area contributed by atoms with Crippen molar-refractivity contribution in [1.82, 2.24) is 5.32 Å². The van der Waals surface area contributed by atoms with Crippen molar-refractivity contribution >= 4 is 12.1 Å². The second-order valence-electron chi connectivity index (χ2n) is 5.02. The molecule has 1 rings (SSSR count). The van der Waals surface area contributed by atoms with Crippen LogP contribution in [0.3, 0.4) is 0 Å². The van der Waals surface area contributed by atoms with Gasteiger partial charge in [-0.15, -0.1) is 0 Å². The van der Waals surface area contributed by atoms with E-state index in [1.54, 1.807) is 32.9 Å². The van der Waals surface area contributed by atoms with Gasteiger partial charge in [0.1, 0.15) is 11.7 Å². The Labute approximate surface area is 101 Å². The van der Waals surface area contributed by atoms with E-state index in [0.717, 1.165) is 0 Å². The topological polar surface area (TPSA) is 64.6 Å². The molecule has 96 valence electrons. The average Bonchev–Trinajstić information content (AvgIpc) is 2.46. The van der Waals surface area contributed by atoms with E-state index in [-0.39, 0.29) is 18.1 Å². The SMILES string of the molecule is CC(=O)O[C@@H]1C=C[C@H](NC(=O)OC(C)(C)C)C1. The molecule has 0 spiro atoms. The lowest BCUT2D eigenvalue weighted by Gasteiger charge is -2.21. The lowest BCUT2D eigenvalue weighted by Crippen LogP contribution is -2.38. The summed E-state index contributed by atoms with van der Waals surface area (Å²) in [6.07, 6.45) is 3.41. The molecule has 0 aromatic heterocycles. The van der Waals surface area contributed by atoms with Gasteiger partial charge >= 0.3 is 12.1 Å². The van der Waals surface area contributed by atoms with E-state index in [4.69, 9.17) is 9.47 Å². The quantitative estimate of drug-likeness (QED) is 0.591. The van der Waals surface area contributed by atoms with Gasteiger partial charge in [0.25, 0.3) is 0 Å². The minimum Gasteiger partial charge on any atom is -0.458 e. The van der Waals surface area contributed by atoms with E-state index < -0.39 is 11.7 Å². The lowest BCUT2D eigenvalue weighted by molar-refractivity contribution is -0.144. The first kappa shape index (κ1) is 13.5. The van der Waals surface area contributed by atoms with Gasteiger partial charge in [0.15, 0.2) is 0 Å². The summed E-state index contributed by atoms with van der Waals surface area (Å²) in [7, 11) is 0. The fourth-order valence-corrected chi connectivity index (χ4v) is 1.53. The molecule has 0 aromatic rings. The predicted octanol–water partition coefficient (Wildman–Crippen LogP) is 1.77. The van der Waals surface area contributed by atoms with Crippen LogP contribution in [0.5, 0.6) is 0 Å². The molecule has 0 aliphatic heterocycles. The maximum absolute atomic E-state index is 11.5. The van der Waals surface area contributed by atoms with E-state index in [1.165, 1.54) is 6.92 Å². The van der Waals surface area contributed by atoms with Gasteiger partial charge in [-0.25, -0.2) is 4.79 Å². The first-order valence-electron chi connectivity index (χ1n) is 5.61. The van der Waals surface area contributed by atoms with Gasteiger partial charge in [-0.1, -0.05) is 6.08 Å². The monoisotopic (exact) mass is 241 g/mol. The fraction of sp³-hybridized carbons (Fsp3) is 0.667. The van der Waals surface area contributed by atoms with Crippen molar-refractivity contribution in [3.05, 3.63) is 12.2 Å². The Hall–Kier alpha value is -1.52. The smallest absolute Gasteiger partial charge is 0.408 e. The zero-order valence-electron chi connectivity index (χ0n) is 10.6. The zero-order chi connectivity index (χ0) is 13.1. The Kier molecular flexibility index (Phi) is 4.15. The number of hydrogen-bond acceptors (Lipinski definition) is 4. The fourth-order valence-electron chi connectivity index (χ4n) is 1.53. The number of amides is 1. The van der Waals surface area contributed by atoms with Crippen molar-refractivity contribution in [3.8, 4) is 0 Å². The summed E-state index contributed by atoms with van der Waals surface area (Å²) in [6, 6.07) is -0.144. The molecule has 1 aliphatic carbocycles. The van der Waals surface area contributed by atoms with Crippen LogP contribution in [0, 0.1) is 0 Å². The first-order chi connectivity index (χ1) is 7.76. The standard InChI is InChI=1S/C12H19NO4/c1-8(14)16-10-6-5-9(7-10)13-11(15)17-12(2,3)4/h5-6,9-10H,7H2,1-4H3,(H,13,15)/t9-,10+/m0/s1. The molecule has 2 atom stereocenters. The molecule has 1 N–H and O–H groups in total. The van der Waals surface area contributed by atoms with E-state index >= 15 is 0 Å². The van der Waals surface area contributed by atoms with Crippen LogP contribution in [0.15, 0.2) is 12.2 Å². The number of rotatable bonds is 2. The van der Waals surface area contributed by atoms with Crippen molar-refractivity contribution in [3.63, 3.8) is 0 Å². The third-order valence-electron chi connectivity index (χ3n) is 2.06. The molecule has 1 amide bonds. The maximum Gasteiger partial charge on any atom is 0.408 e. The summed E-state index contributed by atoms with van der Waals surface area (Å²) in [6.45, 7) is 6.78. The maximum atomic E-state index is 11.5. The highest BCUT2D eigenvalue weighted by molar-refractivity contribution is 5.69. The summed E-state index contributed by atoms with van der Waals surface area (Å²) in [5, 5.41) is 2.70. The van der Waals surface area contributed by atoms with Crippen LogP contribution in [0.4, 0.5) is 4.79 Å². The number of carbonyl (C=O) groups is 2. The van der Waals surface area contributed by atoms with E-state index in [0.29, 0.717) is 6.42 Å². The molecular formula is C12H19NO4. The number of nitrogens with one attached hydrogen (secondary N) is 1. The number of ether oxygens (including phenoxy) is 2. The number of carbonyl (C=O) groups excluding carboxylic acids is 2. The van der Waals surface area contributed by atoms with Crippen molar-refractivity contribution in [2.45, 2.75) is 51.9 Å².